The van der Waals surface area contributed by atoms with Gasteiger partial charge < -0.3 is 24.3 Å². The van der Waals surface area contributed by atoms with E-state index in [1.165, 1.54) is 6.07 Å². The van der Waals surface area contributed by atoms with Crippen molar-refractivity contribution >= 4 is 5.97 Å². The smallest absolute Gasteiger partial charge is 0.359 e. The molecule has 2 heterocycles. The standard InChI is InChI=1S/C14H21NO5/c1-13(2,3)20-12(17)11-9(16)6-8(15-11)10-7-18-14(4,5)19-10/h6,10,15-16H,7H2,1-5H3/t10-/m1/s1. The highest BCUT2D eigenvalue weighted by Gasteiger charge is 2.35. The second-order valence-electron chi connectivity index (χ2n) is 6.30. The maximum Gasteiger partial charge on any atom is 0.359 e. The summed E-state index contributed by atoms with van der Waals surface area (Å²) in [6, 6.07) is 1.47. The maximum absolute atomic E-state index is 12.0. The number of H-pyrrole nitrogens is 1. The number of aromatic hydroxyl groups is 1. The number of rotatable bonds is 2. The van der Waals surface area contributed by atoms with E-state index in [0.29, 0.717) is 12.3 Å². The van der Waals surface area contributed by atoms with E-state index in [0.717, 1.165) is 0 Å². The lowest BCUT2D eigenvalue weighted by molar-refractivity contribution is -0.139. The van der Waals surface area contributed by atoms with Crippen LogP contribution in [0.15, 0.2) is 6.07 Å². The molecule has 1 saturated heterocycles. The van der Waals surface area contributed by atoms with Gasteiger partial charge in [0.05, 0.1) is 12.3 Å². The number of aromatic amines is 1. The molecule has 0 saturated carbocycles. The molecule has 20 heavy (non-hydrogen) atoms. The summed E-state index contributed by atoms with van der Waals surface area (Å²) < 4.78 is 16.3. The highest BCUT2D eigenvalue weighted by Crippen LogP contribution is 2.34. The normalized spacial score (nSPS) is 21.9. The van der Waals surface area contributed by atoms with E-state index in [9.17, 15) is 9.90 Å². The van der Waals surface area contributed by atoms with Crippen LogP contribution in [0.1, 0.15) is 56.9 Å². The Bertz CT molecular complexity index is 512. The molecule has 2 rings (SSSR count). The molecule has 0 aromatic carbocycles. The number of ether oxygens (including phenoxy) is 3. The van der Waals surface area contributed by atoms with Gasteiger partial charge in [0.25, 0.3) is 0 Å². The van der Waals surface area contributed by atoms with Crippen molar-refractivity contribution in [2.45, 2.75) is 52.1 Å². The van der Waals surface area contributed by atoms with Crippen LogP contribution in [0.3, 0.4) is 0 Å². The second kappa shape index (κ2) is 4.79. The molecule has 0 spiro atoms. The first-order valence-electron chi connectivity index (χ1n) is 6.54. The van der Waals surface area contributed by atoms with Gasteiger partial charge >= 0.3 is 5.97 Å². The Morgan fingerprint density at radius 1 is 1.50 bits per heavy atom. The zero-order valence-corrected chi connectivity index (χ0v) is 12.4. The monoisotopic (exact) mass is 283 g/mol. The lowest BCUT2D eigenvalue weighted by atomic mass is 10.2. The minimum Gasteiger partial charge on any atom is -0.505 e. The van der Waals surface area contributed by atoms with Crippen molar-refractivity contribution < 1.29 is 24.1 Å². The highest BCUT2D eigenvalue weighted by atomic mass is 16.7. The summed E-state index contributed by atoms with van der Waals surface area (Å²) in [5.41, 5.74) is 0.00110. The molecular formula is C14H21NO5. The molecule has 0 amide bonds. The minimum absolute atomic E-state index is 0.0308. The predicted molar refractivity (Wildman–Crippen MR) is 71.5 cm³/mol. The molecule has 1 fully saturated rings. The van der Waals surface area contributed by atoms with E-state index in [1.54, 1.807) is 20.8 Å². The van der Waals surface area contributed by atoms with Crippen LogP contribution in [0.2, 0.25) is 0 Å². The summed E-state index contributed by atoms with van der Waals surface area (Å²) in [4.78, 5) is 14.8. The molecule has 0 aliphatic carbocycles. The van der Waals surface area contributed by atoms with Gasteiger partial charge in [0.2, 0.25) is 0 Å². The number of carbonyl (C=O) groups excluding carboxylic acids is 1. The third-order valence-electron chi connectivity index (χ3n) is 2.78. The summed E-state index contributed by atoms with van der Waals surface area (Å²) >= 11 is 0. The molecule has 1 aromatic rings. The fourth-order valence-electron chi connectivity index (χ4n) is 1.96. The Morgan fingerprint density at radius 3 is 2.65 bits per heavy atom. The first kappa shape index (κ1) is 14.9. The molecule has 6 heteroatoms. The van der Waals surface area contributed by atoms with Crippen LogP contribution in [-0.4, -0.2) is 34.1 Å². The Balaban J connectivity index is 2.16. The van der Waals surface area contributed by atoms with Crippen LogP contribution >= 0.6 is 0 Å². The van der Waals surface area contributed by atoms with Gasteiger partial charge in [-0.15, -0.1) is 0 Å². The van der Waals surface area contributed by atoms with Crippen LogP contribution in [-0.2, 0) is 14.2 Å². The molecule has 1 aromatic heterocycles. The molecule has 6 nitrogen and oxygen atoms in total. The molecule has 112 valence electrons. The predicted octanol–water partition coefficient (Wildman–Crippen LogP) is 2.50. The molecule has 0 bridgehead atoms. The summed E-state index contributed by atoms with van der Waals surface area (Å²) in [5, 5.41) is 9.86. The van der Waals surface area contributed by atoms with Crippen molar-refractivity contribution in [2.75, 3.05) is 6.61 Å². The fourth-order valence-corrected chi connectivity index (χ4v) is 1.96. The molecule has 1 aliphatic heterocycles. The zero-order valence-electron chi connectivity index (χ0n) is 12.4. The molecule has 0 radical (unpaired) electrons. The first-order chi connectivity index (χ1) is 9.07. The Kier molecular flexibility index (Phi) is 3.56. The quantitative estimate of drug-likeness (QED) is 0.815. The zero-order chi connectivity index (χ0) is 15.1. The molecule has 0 unspecified atom stereocenters. The van der Waals surface area contributed by atoms with Crippen LogP contribution in [0.25, 0.3) is 0 Å². The van der Waals surface area contributed by atoms with E-state index in [4.69, 9.17) is 14.2 Å². The largest absolute Gasteiger partial charge is 0.505 e. The topological polar surface area (TPSA) is 80.8 Å². The summed E-state index contributed by atoms with van der Waals surface area (Å²) in [6.45, 7) is 9.28. The van der Waals surface area contributed by atoms with Crippen LogP contribution in [0.5, 0.6) is 5.75 Å². The number of nitrogens with one attached hydrogen (secondary N) is 1. The fraction of sp³-hybridized carbons (Fsp3) is 0.643. The van der Waals surface area contributed by atoms with Gasteiger partial charge in [-0.3, -0.25) is 0 Å². The highest BCUT2D eigenvalue weighted by molar-refractivity contribution is 5.90. The second-order valence-corrected chi connectivity index (χ2v) is 6.30. The van der Waals surface area contributed by atoms with Crippen LogP contribution in [0, 0.1) is 0 Å². The SMILES string of the molecule is CC(C)(C)OC(=O)c1[nH]c([C@H]2COC(C)(C)O2)cc1O. The molecule has 2 N–H and O–H groups in total. The third-order valence-corrected chi connectivity index (χ3v) is 2.78. The lowest BCUT2D eigenvalue weighted by Gasteiger charge is -2.19. The van der Waals surface area contributed by atoms with Crippen molar-refractivity contribution in [1.82, 2.24) is 4.98 Å². The Hall–Kier alpha value is -1.53. The summed E-state index contributed by atoms with van der Waals surface area (Å²) in [5.74, 6) is -1.42. The van der Waals surface area contributed by atoms with Gasteiger partial charge in [0, 0.05) is 6.07 Å². The van der Waals surface area contributed by atoms with Crippen molar-refractivity contribution in [3.05, 3.63) is 17.5 Å². The van der Waals surface area contributed by atoms with Crippen molar-refractivity contribution in [2.24, 2.45) is 0 Å². The van der Waals surface area contributed by atoms with Gasteiger partial charge in [-0.1, -0.05) is 0 Å². The lowest BCUT2D eigenvalue weighted by Crippen LogP contribution is -2.24. The van der Waals surface area contributed by atoms with Crippen molar-refractivity contribution in [1.29, 1.82) is 0 Å². The van der Waals surface area contributed by atoms with Gasteiger partial charge in [-0.05, 0) is 34.6 Å². The van der Waals surface area contributed by atoms with Crippen molar-refractivity contribution in [3.63, 3.8) is 0 Å². The Morgan fingerprint density at radius 2 is 2.15 bits per heavy atom. The number of hydrogen-bond acceptors (Lipinski definition) is 5. The minimum atomic E-state index is -0.669. The van der Waals surface area contributed by atoms with E-state index in [1.807, 2.05) is 13.8 Å². The first-order valence-corrected chi connectivity index (χ1v) is 6.54. The van der Waals surface area contributed by atoms with Gasteiger partial charge in [-0.25, -0.2) is 4.79 Å². The van der Waals surface area contributed by atoms with Crippen molar-refractivity contribution in [3.8, 4) is 5.75 Å². The van der Waals surface area contributed by atoms with E-state index < -0.39 is 17.4 Å². The average molecular weight is 283 g/mol. The average Bonchev–Trinajstić information content (AvgIpc) is 2.79. The number of carbonyl (C=O) groups is 1. The third kappa shape index (κ3) is 3.32. The van der Waals surface area contributed by atoms with Gasteiger partial charge in [-0.2, -0.15) is 0 Å². The number of esters is 1. The van der Waals surface area contributed by atoms with Crippen LogP contribution in [0.4, 0.5) is 0 Å². The van der Waals surface area contributed by atoms with Gasteiger partial charge in [0.15, 0.2) is 11.5 Å². The van der Waals surface area contributed by atoms with E-state index in [2.05, 4.69) is 4.98 Å². The number of hydrogen-bond donors (Lipinski definition) is 2. The van der Waals surface area contributed by atoms with E-state index >= 15 is 0 Å². The molecular weight excluding hydrogens is 262 g/mol. The summed E-state index contributed by atoms with van der Waals surface area (Å²) in [6.07, 6.45) is -0.341. The molecule has 1 atom stereocenters. The molecule has 1 aliphatic rings. The maximum atomic E-state index is 12.0. The van der Waals surface area contributed by atoms with Crippen LogP contribution < -0.4 is 0 Å². The Labute approximate surface area is 118 Å². The van der Waals surface area contributed by atoms with Gasteiger partial charge in [0.1, 0.15) is 17.5 Å². The van der Waals surface area contributed by atoms with E-state index in [-0.39, 0.29) is 17.5 Å². The number of aromatic nitrogens is 1. The summed E-state index contributed by atoms with van der Waals surface area (Å²) in [7, 11) is 0.